The molecule has 1 atom stereocenters. The number of amides is 2. The van der Waals surface area contributed by atoms with E-state index in [-0.39, 0.29) is 24.8 Å². The topological polar surface area (TPSA) is 67.9 Å². The molecule has 0 unspecified atom stereocenters. The Labute approximate surface area is 206 Å². The maximum atomic E-state index is 13.1. The van der Waals surface area contributed by atoms with Crippen molar-refractivity contribution in [3.63, 3.8) is 0 Å². The normalized spacial score (nSPS) is 11.7. The fraction of sp³-hybridized carbons (Fsp3) is 0.440. The highest BCUT2D eigenvalue weighted by Gasteiger charge is 2.26. The summed E-state index contributed by atoms with van der Waals surface area (Å²) in [5.41, 5.74) is 0.729. The molecule has 0 aliphatic rings. The second kappa shape index (κ2) is 13.3. The van der Waals surface area contributed by atoms with Crippen LogP contribution in [0.25, 0.3) is 0 Å². The number of methoxy groups -OCH3 is 1. The Balaban J connectivity index is 2.02. The molecule has 2 amide bonds. The Hall–Kier alpha value is -2.44. The molecule has 0 heterocycles. The number of rotatable bonds is 12. The standard InChI is InChI=1S/C25H32Cl2N2O4/c1-17(2)15-28-25(31)18(3)29(16-19-7-8-20(26)14-23(19)27)24(30)6-5-13-33-22-11-9-21(32-4)10-12-22/h7-12,14,17-18H,5-6,13,15-16H2,1-4H3,(H,28,31)/t18-/m0/s1. The monoisotopic (exact) mass is 494 g/mol. The molecule has 0 saturated heterocycles. The van der Waals surface area contributed by atoms with Crippen molar-refractivity contribution < 1.29 is 19.1 Å². The Morgan fingerprint density at radius 1 is 1.03 bits per heavy atom. The Morgan fingerprint density at radius 2 is 1.70 bits per heavy atom. The first kappa shape index (κ1) is 26.8. The number of nitrogens with one attached hydrogen (secondary N) is 1. The van der Waals surface area contributed by atoms with E-state index >= 15 is 0 Å². The summed E-state index contributed by atoms with van der Waals surface area (Å²) in [6.07, 6.45) is 0.749. The number of nitrogens with zero attached hydrogens (tertiary/aromatic N) is 1. The van der Waals surface area contributed by atoms with Crippen LogP contribution in [0.15, 0.2) is 42.5 Å². The van der Waals surface area contributed by atoms with Crippen LogP contribution in [-0.2, 0) is 16.1 Å². The van der Waals surface area contributed by atoms with E-state index in [1.54, 1.807) is 37.1 Å². The molecular weight excluding hydrogens is 463 g/mol. The molecule has 2 aromatic rings. The van der Waals surface area contributed by atoms with E-state index in [2.05, 4.69) is 5.32 Å². The molecule has 0 aromatic heterocycles. The van der Waals surface area contributed by atoms with Crippen molar-refractivity contribution in [2.45, 2.75) is 46.2 Å². The highest BCUT2D eigenvalue weighted by Crippen LogP contribution is 2.24. The van der Waals surface area contributed by atoms with Gasteiger partial charge in [-0.05, 0) is 61.2 Å². The second-order valence-electron chi connectivity index (χ2n) is 8.20. The van der Waals surface area contributed by atoms with E-state index in [0.29, 0.717) is 41.3 Å². The molecule has 0 spiro atoms. The first-order chi connectivity index (χ1) is 15.7. The molecule has 8 heteroatoms. The summed E-state index contributed by atoms with van der Waals surface area (Å²) in [5.74, 6) is 1.42. The van der Waals surface area contributed by atoms with Crippen molar-refractivity contribution in [2.24, 2.45) is 5.92 Å². The molecule has 1 N–H and O–H groups in total. The lowest BCUT2D eigenvalue weighted by atomic mass is 10.1. The molecule has 0 radical (unpaired) electrons. The van der Waals surface area contributed by atoms with Crippen LogP contribution < -0.4 is 14.8 Å². The van der Waals surface area contributed by atoms with Gasteiger partial charge in [-0.3, -0.25) is 9.59 Å². The second-order valence-corrected chi connectivity index (χ2v) is 9.04. The van der Waals surface area contributed by atoms with Crippen molar-refractivity contribution >= 4 is 35.0 Å². The summed E-state index contributed by atoms with van der Waals surface area (Å²) in [5, 5.41) is 3.87. The molecule has 0 saturated carbocycles. The van der Waals surface area contributed by atoms with E-state index in [1.165, 1.54) is 0 Å². The van der Waals surface area contributed by atoms with Gasteiger partial charge < -0.3 is 19.7 Å². The average molecular weight is 495 g/mol. The summed E-state index contributed by atoms with van der Waals surface area (Å²) in [6.45, 7) is 6.90. The number of hydrogen-bond acceptors (Lipinski definition) is 4. The maximum Gasteiger partial charge on any atom is 0.242 e. The van der Waals surface area contributed by atoms with Gasteiger partial charge in [-0.1, -0.05) is 43.1 Å². The van der Waals surface area contributed by atoms with Gasteiger partial charge in [0.05, 0.1) is 13.7 Å². The van der Waals surface area contributed by atoms with Crippen LogP contribution in [0.5, 0.6) is 11.5 Å². The number of ether oxygens (including phenoxy) is 2. The number of carbonyl (C=O) groups excluding carboxylic acids is 2. The number of halogens is 2. The van der Waals surface area contributed by atoms with Gasteiger partial charge in [0.25, 0.3) is 0 Å². The molecule has 0 aliphatic carbocycles. The molecule has 180 valence electrons. The first-order valence-electron chi connectivity index (χ1n) is 11.0. The minimum absolute atomic E-state index is 0.147. The highest BCUT2D eigenvalue weighted by molar-refractivity contribution is 6.35. The zero-order valence-corrected chi connectivity index (χ0v) is 21.1. The van der Waals surface area contributed by atoms with Gasteiger partial charge in [0.15, 0.2) is 0 Å². The highest BCUT2D eigenvalue weighted by atomic mass is 35.5. The van der Waals surface area contributed by atoms with Crippen LogP contribution in [0.3, 0.4) is 0 Å². The molecule has 0 fully saturated rings. The Morgan fingerprint density at radius 3 is 2.30 bits per heavy atom. The fourth-order valence-electron chi connectivity index (χ4n) is 3.10. The van der Waals surface area contributed by atoms with E-state index < -0.39 is 6.04 Å². The molecule has 2 aromatic carbocycles. The third kappa shape index (κ3) is 8.78. The van der Waals surface area contributed by atoms with E-state index in [9.17, 15) is 9.59 Å². The first-order valence-corrected chi connectivity index (χ1v) is 11.7. The van der Waals surface area contributed by atoms with Crippen molar-refractivity contribution in [3.05, 3.63) is 58.1 Å². The van der Waals surface area contributed by atoms with Crippen LogP contribution in [0, 0.1) is 5.92 Å². The van der Waals surface area contributed by atoms with Crippen LogP contribution >= 0.6 is 23.2 Å². The van der Waals surface area contributed by atoms with Crippen LogP contribution in [0.4, 0.5) is 0 Å². The predicted octanol–water partition coefficient (Wildman–Crippen LogP) is 5.35. The summed E-state index contributed by atoms with van der Waals surface area (Å²) in [4.78, 5) is 27.4. The molecule has 0 aliphatic heterocycles. The van der Waals surface area contributed by atoms with Crippen molar-refractivity contribution in [3.8, 4) is 11.5 Å². The zero-order chi connectivity index (χ0) is 24.4. The number of hydrogen-bond donors (Lipinski definition) is 1. The van der Waals surface area contributed by atoms with Crippen LogP contribution in [-0.4, -0.2) is 43.0 Å². The fourth-order valence-corrected chi connectivity index (χ4v) is 3.57. The zero-order valence-electron chi connectivity index (χ0n) is 19.6. The third-order valence-corrected chi connectivity index (χ3v) is 5.66. The lowest BCUT2D eigenvalue weighted by Gasteiger charge is -2.29. The number of benzene rings is 2. The van der Waals surface area contributed by atoms with Crippen LogP contribution in [0.1, 0.15) is 39.2 Å². The summed E-state index contributed by atoms with van der Waals surface area (Å²) < 4.78 is 10.9. The van der Waals surface area contributed by atoms with Gasteiger partial charge in [0.1, 0.15) is 17.5 Å². The summed E-state index contributed by atoms with van der Waals surface area (Å²) >= 11 is 12.3. The molecule has 2 rings (SSSR count). The van der Waals surface area contributed by atoms with E-state index in [0.717, 1.165) is 11.3 Å². The van der Waals surface area contributed by atoms with E-state index in [1.807, 2.05) is 38.1 Å². The van der Waals surface area contributed by atoms with Crippen molar-refractivity contribution in [2.75, 3.05) is 20.3 Å². The minimum Gasteiger partial charge on any atom is -0.497 e. The van der Waals surface area contributed by atoms with Crippen molar-refractivity contribution in [1.82, 2.24) is 10.2 Å². The molecule has 0 bridgehead atoms. The third-order valence-electron chi connectivity index (χ3n) is 5.07. The lowest BCUT2D eigenvalue weighted by Crippen LogP contribution is -2.48. The SMILES string of the molecule is COc1ccc(OCCCC(=O)N(Cc2ccc(Cl)cc2Cl)[C@@H](C)C(=O)NCC(C)C)cc1. The van der Waals surface area contributed by atoms with Gasteiger partial charge in [-0.25, -0.2) is 0 Å². The largest absolute Gasteiger partial charge is 0.497 e. The van der Waals surface area contributed by atoms with Crippen molar-refractivity contribution in [1.29, 1.82) is 0 Å². The van der Waals surface area contributed by atoms with Gasteiger partial charge in [0, 0.05) is 29.6 Å². The summed E-state index contributed by atoms with van der Waals surface area (Å²) in [7, 11) is 1.61. The Bertz CT molecular complexity index is 919. The molecule has 33 heavy (non-hydrogen) atoms. The molecule has 6 nitrogen and oxygen atoms in total. The lowest BCUT2D eigenvalue weighted by molar-refractivity contribution is -0.140. The Kier molecular flexibility index (Phi) is 10.8. The van der Waals surface area contributed by atoms with Gasteiger partial charge in [0.2, 0.25) is 11.8 Å². The average Bonchev–Trinajstić information content (AvgIpc) is 2.79. The minimum atomic E-state index is -0.648. The van der Waals surface area contributed by atoms with Gasteiger partial charge >= 0.3 is 0 Å². The maximum absolute atomic E-state index is 13.1. The van der Waals surface area contributed by atoms with Gasteiger partial charge in [-0.2, -0.15) is 0 Å². The molecular formula is C25H32Cl2N2O4. The quantitative estimate of drug-likeness (QED) is 0.403. The summed E-state index contributed by atoms with van der Waals surface area (Å²) in [6, 6.07) is 11.7. The van der Waals surface area contributed by atoms with Crippen LogP contribution in [0.2, 0.25) is 10.0 Å². The smallest absolute Gasteiger partial charge is 0.242 e. The van der Waals surface area contributed by atoms with E-state index in [4.69, 9.17) is 32.7 Å². The predicted molar refractivity (Wildman–Crippen MR) is 132 cm³/mol. The van der Waals surface area contributed by atoms with Gasteiger partial charge in [-0.15, -0.1) is 0 Å². The number of carbonyl (C=O) groups is 2.